The second-order valence-electron chi connectivity index (χ2n) is 6.78. The monoisotopic (exact) mass is 364 g/mol. The van der Waals surface area contributed by atoms with Crippen LogP contribution in [0.3, 0.4) is 0 Å². The van der Waals surface area contributed by atoms with Gasteiger partial charge in [-0.1, -0.05) is 29.4 Å². The quantitative estimate of drug-likeness (QED) is 0.697. The fraction of sp³-hybridized carbons (Fsp3) is 0.238. The Labute approximate surface area is 155 Å². The van der Waals surface area contributed by atoms with Crippen LogP contribution in [0, 0.1) is 5.82 Å². The molecule has 2 aliphatic rings. The maximum Gasteiger partial charge on any atom is 0.257 e. The summed E-state index contributed by atoms with van der Waals surface area (Å²) >= 11 is 0. The van der Waals surface area contributed by atoms with Crippen LogP contribution in [0.15, 0.2) is 47.0 Å². The molecule has 1 aromatic heterocycles. The third-order valence-electron chi connectivity index (χ3n) is 5.19. The Morgan fingerprint density at radius 2 is 2.00 bits per heavy atom. The van der Waals surface area contributed by atoms with Gasteiger partial charge in [-0.25, -0.2) is 4.39 Å². The molecule has 0 N–H and O–H groups in total. The molecular formula is C21H17FN2O3. The van der Waals surface area contributed by atoms with Crippen molar-refractivity contribution < 1.29 is 18.4 Å². The van der Waals surface area contributed by atoms with Gasteiger partial charge in [0.2, 0.25) is 0 Å². The summed E-state index contributed by atoms with van der Waals surface area (Å²) in [5.74, 6) is 0.964. The van der Waals surface area contributed by atoms with Crippen LogP contribution < -0.4 is 4.74 Å². The van der Waals surface area contributed by atoms with Crippen LogP contribution in [0.25, 0.3) is 11.3 Å². The maximum atomic E-state index is 14.2. The predicted molar refractivity (Wildman–Crippen MR) is 96.0 cm³/mol. The summed E-state index contributed by atoms with van der Waals surface area (Å²) in [5, 5.41) is 4.08. The minimum atomic E-state index is -0.355. The number of hydrogen-bond acceptors (Lipinski definition) is 4. The van der Waals surface area contributed by atoms with Crippen molar-refractivity contribution in [1.82, 2.24) is 10.1 Å². The van der Waals surface area contributed by atoms with Gasteiger partial charge in [-0.2, -0.15) is 0 Å². The third-order valence-corrected chi connectivity index (χ3v) is 5.19. The molecule has 3 heterocycles. The molecule has 0 atom stereocenters. The summed E-state index contributed by atoms with van der Waals surface area (Å²) < 4.78 is 25.3. The fourth-order valence-electron chi connectivity index (χ4n) is 3.80. The molecule has 5 nitrogen and oxygen atoms in total. The van der Waals surface area contributed by atoms with Gasteiger partial charge < -0.3 is 14.2 Å². The summed E-state index contributed by atoms with van der Waals surface area (Å²) in [5.41, 5.74) is 3.27. The van der Waals surface area contributed by atoms with Crippen LogP contribution in [-0.2, 0) is 19.4 Å². The summed E-state index contributed by atoms with van der Waals surface area (Å²) in [6, 6.07) is 12.1. The highest BCUT2D eigenvalue weighted by atomic mass is 19.1. The van der Waals surface area contributed by atoms with Crippen LogP contribution in [-0.4, -0.2) is 29.1 Å². The fourth-order valence-corrected chi connectivity index (χ4v) is 3.80. The highest BCUT2D eigenvalue weighted by Gasteiger charge is 2.31. The lowest BCUT2D eigenvalue weighted by molar-refractivity contribution is 0.0725. The Balaban J connectivity index is 1.48. The Hall–Kier alpha value is -3.15. The molecule has 0 aliphatic carbocycles. The molecule has 136 valence electrons. The van der Waals surface area contributed by atoms with Gasteiger partial charge in [-0.15, -0.1) is 0 Å². The second-order valence-corrected chi connectivity index (χ2v) is 6.78. The first-order valence-electron chi connectivity index (χ1n) is 8.98. The van der Waals surface area contributed by atoms with Crippen LogP contribution >= 0.6 is 0 Å². The van der Waals surface area contributed by atoms with Gasteiger partial charge >= 0.3 is 0 Å². The smallest absolute Gasteiger partial charge is 0.257 e. The molecular weight excluding hydrogens is 347 g/mol. The van der Waals surface area contributed by atoms with Crippen LogP contribution in [0.5, 0.6) is 5.75 Å². The molecule has 0 unspecified atom stereocenters. The van der Waals surface area contributed by atoms with Crippen molar-refractivity contribution in [1.29, 1.82) is 0 Å². The van der Waals surface area contributed by atoms with E-state index in [0.29, 0.717) is 54.4 Å². The topological polar surface area (TPSA) is 55.6 Å². The van der Waals surface area contributed by atoms with Gasteiger partial charge in [0.15, 0.2) is 0 Å². The zero-order chi connectivity index (χ0) is 18.4. The summed E-state index contributed by atoms with van der Waals surface area (Å²) in [6.07, 6.45) is 1.38. The van der Waals surface area contributed by atoms with Gasteiger partial charge in [0.1, 0.15) is 23.0 Å². The van der Waals surface area contributed by atoms with E-state index >= 15 is 0 Å². The van der Waals surface area contributed by atoms with E-state index in [0.717, 1.165) is 17.5 Å². The number of carbonyl (C=O) groups is 1. The number of amides is 1. The summed E-state index contributed by atoms with van der Waals surface area (Å²) in [6.45, 7) is 1.47. The number of ether oxygens (including phenoxy) is 1. The molecule has 6 heteroatoms. The molecule has 2 aromatic carbocycles. The van der Waals surface area contributed by atoms with Crippen LogP contribution in [0.2, 0.25) is 0 Å². The third kappa shape index (κ3) is 2.60. The van der Waals surface area contributed by atoms with Gasteiger partial charge in [0.25, 0.3) is 5.91 Å². The van der Waals surface area contributed by atoms with E-state index in [2.05, 4.69) is 5.16 Å². The zero-order valence-electron chi connectivity index (χ0n) is 14.6. The standard InChI is InChI=1S/C21H17FN2O3/c22-17-7-2-1-5-14(17)19-16-12-24(10-8-18(16)27-23-19)21(25)15-6-3-4-13-9-11-26-20(13)15/h1-7H,8-12H2. The number of benzene rings is 2. The lowest BCUT2D eigenvalue weighted by Gasteiger charge is -2.27. The van der Waals surface area contributed by atoms with E-state index in [1.807, 2.05) is 12.1 Å². The Kier molecular flexibility index (Phi) is 3.70. The Morgan fingerprint density at radius 1 is 1.11 bits per heavy atom. The average molecular weight is 364 g/mol. The van der Waals surface area contributed by atoms with Crippen molar-refractivity contribution in [2.75, 3.05) is 13.2 Å². The molecule has 0 bridgehead atoms. The van der Waals surface area contributed by atoms with Gasteiger partial charge in [-0.05, 0) is 23.8 Å². The van der Waals surface area contributed by atoms with Crippen LogP contribution in [0.4, 0.5) is 4.39 Å². The minimum Gasteiger partial charge on any atom is -0.492 e. The first kappa shape index (κ1) is 16.1. The first-order chi connectivity index (χ1) is 13.2. The molecule has 0 saturated carbocycles. The van der Waals surface area contributed by atoms with Crippen molar-refractivity contribution >= 4 is 5.91 Å². The number of rotatable bonds is 2. The number of aromatic nitrogens is 1. The zero-order valence-corrected chi connectivity index (χ0v) is 14.6. The molecule has 3 aromatic rings. The molecule has 0 spiro atoms. The van der Waals surface area contributed by atoms with Crippen molar-refractivity contribution in [3.8, 4) is 17.0 Å². The average Bonchev–Trinajstić information content (AvgIpc) is 3.34. The van der Waals surface area contributed by atoms with Crippen molar-refractivity contribution in [3.63, 3.8) is 0 Å². The number of halogens is 1. The Bertz CT molecular complexity index is 1040. The van der Waals surface area contributed by atoms with Gasteiger partial charge in [0, 0.05) is 30.5 Å². The van der Waals surface area contributed by atoms with Gasteiger partial charge in [0.05, 0.1) is 18.7 Å². The molecule has 2 aliphatic heterocycles. The predicted octanol–water partition coefficient (Wildman–Crippen LogP) is 3.61. The SMILES string of the molecule is O=C(c1cccc2c1OCC2)N1CCc2onc(-c3ccccc3F)c2C1. The number of para-hydroxylation sites is 1. The van der Waals surface area contributed by atoms with E-state index in [9.17, 15) is 9.18 Å². The number of carbonyl (C=O) groups excluding carboxylic acids is 1. The second kappa shape index (κ2) is 6.23. The molecule has 27 heavy (non-hydrogen) atoms. The highest BCUT2D eigenvalue weighted by Crippen LogP contribution is 2.34. The maximum absolute atomic E-state index is 14.2. The minimum absolute atomic E-state index is 0.0833. The van der Waals surface area contributed by atoms with Crippen molar-refractivity contribution in [2.45, 2.75) is 19.4 Å². The molecule has 1 amide bonds. The molecule has 0 radical (unpaired) electrons. The van der Waals surface area contributed by atoms with Crippen molar-refractivity contribution in [3.05, 3.63) is 70.7 Å². The van der Waals surface area contributed by atoms with Gasteiger partial charge in [-0.3, -0.25) is 4.79 Å². The van der Waals surface area contributed by atoms with Crippen LogP contribution in [0.1, 0.15) is 27.2 Å². The first-order valence-corrected chi connectivity index (χ1v) is 8.98. The lowest BCUT2D eigenvalue weighted by Crippen LogP contribution is -2.35. The molecule has 5 rings (SSSR count). The van der Waals surface area contributed by atoms with Crippen molar-refractivity contribution in [2.24, 2.45) is 0 Å². The Morgan fingerprint density at radius 3 is 2.89 bits per heavy atom. The van der Waals surface area contributed by atoms with E-state index in [1.54, 1.807) is 29.2 Å². The van der Waals surface area contributed by atoms with E-state index in [1.165, 1.54) is 6.07 Å². The largest absolute Gasteiger partial charge is 0.492 e. The lowest BCUT2D eigenvalue weighted by atomic mass is 10.00. The highest BCUT2D eigenvalue weighted by molar-refractivity contribution is 5.97. The van der Waals surface area contributed by atoms with E-state index in [4.69, 9.17) is 9.26 Å². The summed E-state index contributed by atoms with van der Waals surface area (Å²) in [4.78, 5) is 14.9. The normalized spacial score (nSPS) is 15.2. The molecule has 0 saturated heterocycles. The number of nitrogens with zero attached hydrogens (tertiary/aromatic N) is 2. The summed E-state index contributed by atoms with van der Waals surface area (Å²) in [7, 11) is 0. The van der Waals surface area contributed by atoms with E-state index < -0.39 is 0 Å². The number of fused-ring (bicyclic) bond motifs is 2. The molecule has 0 fully saturated rings. The number of hydrogen-bond donors (Lipinski definition) is 0. The van der Waals surface area contributed by atoms with E-state index in [-0.39, 0.29) is 11.7 Å².